The molecule has 0 aromatic carbocycles. The zero-order valence-corrected chi connectivity index (χ0v) is 13.7. The van der Waals surface area contributed by atoms with Gasteiger partial charge in [-0.2, -0.15) is 26.3 Å². The Hall–Kier alpha value is -1.78. The first-order valence-corrected chi connectivity index (χ1v) is 7.63. The molecule has 0 saturated heterocycles. The maximum Gasteiger partial charge on any atom is 0.437 e. The summed E-state index contributed by atoms with van der Waals surface area (Å²) >= 11 is 0. The van der Waals surface area contributed by atoms with E-state index in [4.69, 9.17) is 9.84 Å². The highest BCUT2D eigenvalue weighted by Gasteiger charge is 2.77. The molecule has 1 saturated carbocycles. The summed E-state index contributed by atoms with van der Waals surface area (Å²) in [6, 6.07) is 0. The highest BCUT2D eigenvalue weighted by atomic mass is 19.4. The maximum absolute atomic E-state index is 12.6. The van der Waals surface area contributed by atoms with E-state index in [0.29, 0.717) is 25.7 Å². The van der Waals surface area contributed by atoms with E-state index >= 15 is 0 Å². The van der Waals surface area contributed by atoms with Gasteiger partial charge in [-0.15, -0.1) is 0 Å². The number of halogens is 6. The number of carbonyl (C=O) groups excluding carboxylic acids is 2. The largest absolute Gasteiger partial charge is 0.452 e. The maximum atomic E-state index is 12.6. The van der Waals surface area contributed by atoms with E-state index in [0.717, 1.165) is 13.3 Å². The second kappa shape index (κ2) is 7.45. The fraction of sp³-hybridized carbons (Fsp3) is 0.733. The normalized spacial score (nSPS) is 19.4. The van der Waals surface area contributed by atoms with Gasteiger partial charge in [-0.3, -0.25) is 0 Å². The third-order valence-corrected chi connectivity index (χ3v) is 4.11. The van der Waals surface area contributed by atoms with Gasteiger partial charge in [0, 0.05) is 0 Å². The van der Waals surface area contributed by atoms with Crippen molar-refractivity contribution in [3.63, 3.8) is 0 Å². The monoisotopic (exact) mass is 392 g/mol. The van der Waals surface area contributed by atoms with Crippen LogP contribution in [0.1, 0.15) is 39.0 Å². The van der Waals surface area contributed by atoms with Crippen molar-refractivity contribution in [3.05, 3.63) is 12.7 Å². The molecule has 1 N–H and O–H groups in total. The lowest BCUT2D eigenvalue weighted by Gasteiger charge is -2.35. The van der Waals surface area contributed by atoms with Crippen LogP contribution in [0.15, 0.2) is 12.7 Å². The van der Waals surface area contributed by atoms with Crippen molar-refractivity contribution in [2.45, 2.75) is 68.7 Å². The van der Waals surface area contributed by atoms with Gasteiger partial charge in [0.2, 0.25) is 0 Å². The number of aliphatic hydroxyl groups is 1. The second-order valence-corrected chi connectivity index (χ2v) is 6.00. The van der Waals surface area contributed by atoms with Gasteiger partial charge in [0.1, 0.15) is 5.60 Å². The molecule has 1 aliphatic rings. The number of carbonyl (C=O) groups is 2. The Bertz CT molecular complexity index is 534. The first kappa shape index (κ1) is 22.3. The molecule has 1 atom stereocenters. The van der Waals surface area contributed by atoms with Gasteiger partial charge in [0.05, 0.1) is 0 Å². The Kier molecular flexibility index (Phi) is 6.38. The Labute approximate surface area is 144 Å². The molecule has 1 aliphatic carbocycles. The van der Waals surface area contributed by atoms with Crippen LogP contribution in [0.5, 0.6) is 0 Å². The standard InChI is InChI=1S/C15H18F6O5/c1-3-12(7-5-4-6-8-12)26-10(22)9(2)25-11(23)13(24,14(16,17)18)15(19,20)21/h3,9,24H,1,4-8H2,2H3. The average Bonchev–Trinajstić information content (AvgIpc) is 2.52. The minimum atomic E-state index is -6.39. The average molecular weight is 392 g/mol. The molecule has 150 valence electrons. The number of alkyl halides is 6. The SMILES string of the molecule is C=CC1(OC(=O)C(C)OC(=O)C(O)(C(F)(F)F)C(F)(F)F)CCCCC1. The number of rotatable bonds is 5. The van der Waals surface area contributed by atoms with Crippen LogP contribution >= 0.6 is 0 Å². The smallest absolute Gasteiger partial charge is 0.437 e. The minimum absolute atomic E-state index is 0.373. The molecule has 1 fully saturated rings. The molecule has 0 aliphatic heterocycles. The van der Waals surface area contributed by atoms with Crippen LogP contribution in [0.25, 0.3) is 0 Å². The Morgan fingerprint density at radius 2 is 1.54 bits per heavy atom. The van der Waals surface area contributed by atoms with Gasteiger partial charge in [-0.25, -0.2) is 9.59 Å². The minimum Gasteiger partial charge on any atom is -0.452 e. The fourth-order valence-electron chi connectivity index (χ4n) is 2.47. The topological polar surface area (TPSA) is 72.8 Å². The van der Waals surface area contributed by atoms with Crippen molar-refractivity contribution in [2.75, 3.05) is 0 Å². The Morgan fingerprint density at radius 3 is 1.92 bits per heavy atom. The van der Waals surface area contributed by atoms with Crippen LogP contribution in [0, 0.1) is 0 Å². The van der Waals surface area contributed by atoms with E-state index in [2.05, 4.69) is 11.3 Å². The van der Waals surface area contributed by atoms with Gasteiger partial charge in [0.25, 0.3) is 0 Å². The van der Waals surface area contributed by atoms with Crippen molar-refractivity contribution in [3.8, 4) is 0 Å². The highest BCUT2D eigenvalue weighted by Crippen LogP contribution is 2.44. The summed E-state index contributed by atoms with van der Waals surface area (Å²) < 4.78 is 84.6. The van der Waals surface area contributed by atoms with E-state index in [-0.39, 0.29) is 0 Å². The molecule has 0 heterocycles. The van der Waals surface area contributed by atoms with Crippen LogP contribution in [-0.2, 0) is 19.1 Å². The van der Waals surface area contributed by atoms with Crippen molar-refractivity contribution in [1.82, 2.24) is 0 Å². The zero-order chi connectivity index (χ0) is 20.4. The fourth-order valence-corrected chi connectivity index (χ4v) is 2.47. The number of ether oxygens (including phenoxy) is 2. The third-order valence-electron chi connectivity index (χ3n) is 4.11. The highest BCUT2D eigenvalue weighted by molar-refractivity contribution is 5.85. The second-order valence-electron chi connectivity index (χ2n) is 6.00. The van der Waals surface area contributed by atoms with E-state index < -0.39 is 41.6 Å². The molecule has 1 unspecified atom stereocenters. The molecule has 0 aromatic heterocycles. The van der Waals surface area contributed by atoms with Crippen molar-refractivity contribution in [2.24, 2.45) is 0 Å². The Balaban J connectivity index is 2.90. The first-order chi connectivity index (χ1) is 11.7. The zero-order valence-electron chi connectivity index (χ0n) is 13.7. The first-order valence-electron chi connectivity index (χ1n) is 7.63. The third kappa shape index (κ3) is 4.30. The van der Waals surface area contributed by atoms with Crippen molar-refractivity contribution >= 4 is 11.9 Å². The lowest BCUT2D eigenvalue weighted by molar-refractivity contribution is -0.357. The van der Waals surface area contributed by atoms with Crippen LogP contribution in [0.3, 0.4) is 0 Å². The van der Waals surface area contributed by atoms with Crippen molar-refractivity contribution < 1.29 is 50.5 Å². The number of esters is 2. The van der Waals surface area contributed by atoms with E-state index in [1.54, 1.807) is 0 Å². The van der Waals surface area contributed by atoms with Crippen molar-refractivity contribution in [1.29, 1.82) is 0 Å². The van der Waals surface area contributed by atoms with E-state index in [9.17, 15) is 35.9 Å². The summed E-state index contributed by atoms with van der Waals surface area (Å²) in [6.07, 6.45) is -10.6. The molecule has 0 spiro atoms. The molecular weight excluding hydrogens is 374 g/mol. The van der Waals surface area contributed by atoms with Crippen LogP contribution in [0.4, 0.5) is 26.3 Å². The molecule has 0 aromatic rings. The molecule has 0 amide bonds. The number of hydrogen-bond donors (Lipinski definition) is 1. The van der Waals surface area contributed by atoms with Gasteiger partial charge in [-0.1, -0.05) is 13.0 Å². The van der Waals surface area contributed by atoms with Gasteiger partial charge in [0.15, 0.2) is 6.10 Å². The lowest BCUT2D eigenvalue weighted by atomic mass is 9.85. The quantitative estimate of drug-likeness (QED) is 0.442. The Morgan fingerprint density at radius 1 is 1.08 bits per heavy atom. The predicted molar refractivity (Wildman–Crippen MR) is 74.7 cm³/mol. The summed E-state index contributed by atoms with van der Waals surface area (Å²) in [5.41, 5.74) is -6.88. The van der Waals surface area contributed by atoms with Gasteiger partial charge < -0.3 is 14.6 Å². The molecular formula is C15H18F6O5. The molecule has 26 heavy (non-hydrogen) atoms. The molecule has 5 nitrogen and oxygen atoms in total. The molecule has 11 heteroatoms. The summed E-state index contributed by atoms with van der Waals surface area (Å²) in [7, 11) is 0. The molecule has 0 radical (unpaired) electrons. The van der Waals surface area contributed by atoms with E-state index in [1.807, 2.05) is 0 Å². The van der Waals surface area contributed by atoms with Gasteiger partial charge >= 0.3 is 29.9 Å². The van der Waals surface area contributed by atoms with Crippen LogP contribution in [0.2, 0.25) is 0 Å². The summed E-state index contributed by atoms with van der Waals surface area (Å²) in [5.74, 6) is -4.40. The van der Waals surface area contributed by atoms with Crippen LogP contribution in [-0.4, -0.2) is 46.7 Å². The molecule has 0 bridgehead atoms. The number of hydrogen-bond acceptors (Lipinski definition) is 5. The summed E-state index contributed by atoms with van der Waals surface area (Å²) in [5, 5.41) is 8.91. The van der Waals surface area contributed by atoms with Gasteiger partial charge in [-0.05, 0) is 38.7 Å². The van der Waals surface area contributed by atoms with E-state index in [1.165, 1.54) is 6.08 Å². The summed E-state index contributed by atoms with van der Waals surface area (Å²) in [4.78, 5) is 23.3. The van der Waals surface area contributed by atoms with Crippen LogP contribution < -0.4 is 0 Å². The summed E-state index contributed by atoms with van der Waals surface area (Å²) in [6.45, 7) is 4.25. The lowest BCUT2D eigenvalue weighted by Crippen LogP contribution is -2.63. The molecule has 1 rings (SSSR count). The predicted octanol–water partition coefficient (Wildman–Crippen LogP) is 3.21.